The minimum atomic E-state index is -3.11. The van der Waals surface area contributed by atoms with Crippen LogP contribution in [0, 0.1) is 18.3 Å². The Morgan fingerprint density at radius 2 is 0.962 bits per heavy atom. The number of fused-ring (bicyclic) bond motifs is 2. The molecule has 5 atom stereocenters. The van der Waals surface area contributed by atoms with E-state index in [9.17, 15) is 4.79 Å². The SMILES string of the molecule is C#C[C@H]1[C@H]2C[C@H]([C@H](O[Si](c3ccccc3)(c3ccccc3)C(C)(C)C)[C@@H]2O[Si](c2ccccc2)(c2ccccc2)C(C)(C)C)N1C(=O)OC(C)(C)C. The summed E-state index contributed by atoms with van der Waals surface area (Å²) in [5.41, 5.74) is -0.683. The number of carbonyl (C=O) groups excluding carboxylic acids is 1. The molecule has 0 spiro atoms. The van der Waals surface area contributed by atoms with Gasteiger partial charge in [-0.05, 0) is 58.0 Å². The number of piperidine rings is 1. The van der Waals surface area contributed by atoms with E-state index in [2.05, 4.69) is 169 Å². The van der Waals surface area contributed by atoms with Crippen molar-refractivity contribution < 1.29 is 18.4 Å². The van der Waals surface area contributed by atoms with Crippen LogP contribution in [0.3, 0.4) is 0 Å². The Morgan fingerprint density at radius 1 is 0.615 bits per heavy atom. The molecule has 0 radical (unpaired) electrons. The number of hydrogen-bond donors (Lipinski definition) is 0. The van der Waals surface area contributed by atoms with Gasteiger partial charge in [-0.1, -0.05) is 169 Å². The molecule has 1 saturated heterocycles. The lowest BCUT2D eigenvalue weighted by molar-refractivity contribution is -0.0494. The lowest BCUT2D eigenvalue weighted by atomic mass is 9.95. The molecule has 0 N–H and O–H groups in total. The number of carbonyl (C=O) groups is 1. The van der Waals surface area contributed by atoms with Crippen LogP contribution in [0.5, 0.6) is 0 Å². The molecule has 0 aromatic heterocycles. The third-order valence-corrected chi connectivity index (χ3v) is 21.0. The molecule has 1 amide bonds. The summed E-state index contributed by atoms with van der Waals surface area (Å²) < 4.78 is 22.1. The maximum absolute atomic E-state index is 14.2. The standard InChI is InChI=1S/C45H55NO4Si2/c1-11-38-37-32-39(46(38)42(47)48-43(2,3)4)41(50-52(45(8,9)10,35-28-20-14-21-29-35)36-30-22-15-23-31-36)40(37)49-51(44(5,6)7,33-24-16-12-17-25-33)34-26-18-13-19-27-34/h1,12-31,37-41H,32H2,2-10H3/t37-,38+,39-,40-,41+/m1/s1. The van der Waals surface area contributed by atoms with Crippen molar-refractivity contribution >= 4 is 43.5 Å². The highest BCUT2D eigenvalue weighted by atomic mass is 28.4. The summed E-state index contributed by atoms with van der Waals surface area (Å²) in [5.74, 6) is 2.88. The first-order valence-electron chi connectivity index (χ1n) is 18.6. The monoisotopic (exact) mass is 729 g/mol. The second-order valence-electron chi connectivity index (χ2n) is 17.5. The van der Waals surface area contributed by atoms with E-state index < -0.39 is 46.6 Å². The average molecular weight is 730 g/mol. The summed E-state index contributed by atoms with van der Waals surface area (Å²) in [6, 6.07) is 42.0. The van der Waals surface area contributed by atoms with E-state index in [0.717, 1.165) is 0 Å². The van der Waals surface area contributed by atoms with Gasteiger partial charge in [0.2, 0.25) is 0 Å². The number of ether oxygens (including phenoxy) is 1. The molecule has 2 fully saturated rings. The van der Waals surface area contributed by atoms with E-state index in [4.69, 9.17) is 20.0 Å². The van der Waals surface area contributed by atoms with Crippen molar-refractivity contribution in [3.05, 3.63) is 121 Å². The Hall–Kier alpha value is -3.94. The summed E-state index contributed by atoms with van der Waals surface area (Å²) in [4.78, 5) is 16.0. The topological polar surface area (TPSA) is 48.0 Å². The number of hydrogen-bond acceptors (Lipinski definition) is 4. The van der Waals surface area contributed by atoms with Gasteiger partial charge in [-0.3, -0.25) is 4.90 Å². The molecular weight excluding hydrogens is 675 g/mol. The van der Waals surface area contributed by atoms with Crippen LogP contribution in [-0.4, -0.2) is 57.5 Å². The third-order valence-electron chi connectivity index (χ3n) is 10.9. The number of benzene rings is 4. The lowest BCUT2D eigenvalue weighted by Gasteiger charge is -2.52. The number of rotatable bonds is 8. The summed E-state index contributed by atoms with van der Waals surface area (Å²) >= 11 is 0. The van der Waals surface area contributed by atoms with Gasteiger partial charge < -0.3 is 13.6 Å². The second kappa shape index (κ2) is 14.1. The summed E-state index contributed by atoms with van der Waals surface area (Å²) in [6.07, 6.45) is 5.79. The van der Waals surface area contributed by atoms with Gasteiger partial charge in [0, 0.05) is 5.92 Å². The van der Waals surface area contributed by atoms with Crippen molar-refractivity contribution in [1.29, 1.82) is 0 Å². The third kappa shape index (κ3) is 6.60. The highest BCUT2D eigenvalue weighted by molar-refractivity contribution is 7.00. The second-order valence-corrected chi connectivity index (χ2v) is 26.0. The fraction of sp³-hybridized carbons (Fsp3) is 0.400. The predicted octanol–water partition coefficient (Wildman–Crippen LogP) is 7.52. The zero-order chi connectivity index (χ0) is 37.5. The van der Waals surface area contributed by atoms with Crippen molar-refractivity contribution in [3.63, 3.8) is 0 Å². The highest BCUT2D eigenvalue weighted by Crippen LogP contribution is 2.51. The Labute approximate surface area is 314 Å². The fourth-order valence-corrected chi connectivity index (χ4v) is 18.3. The van der Waals surface area contributed by atoms with Gasteiger partial charge in [0.05, 0.1) is 18.2 Å². The molecule has 1 aliphatic heterocycles. The molecular formula is C45H55NO4Si2. The van der Waals surface area contributed by atoms with Crippen LogP contribution in [0.4, 0.5) is 4.79 Å². The molecule has 7 heteroatoms. The predicted molar refractivity (Wildman–Crippen MR) is 218 cm³/mol. The van der Waals surface area contributed by atoms with Crippen LogP contribution in [0.1, 0.15) is 68.7 Å². The van der Waals surface area contributed by atoms with E-state index in [1.165, 1.54) is 20.7 Å². The molecule has 6 rings (SSSR count). The molecule has 1 saturated carbocycles. The smallest absolute Gasteiger partial charge is 0.411 e. The summed E-state index contributed by atoms with van der Waals surface area (Å²) in [6.45, 7) is 19.5. The zero-order valence-electron chi connectivity index (χ0n) is 32.3. The quantitative estimate of drug-likeness (QED) is 0.139. The molecule has 5 nitrogen and oxygen atoms in total. The van der Waals surface area contributed by atoms with Gasteiger partial charge in [0.1, 0.15) is 11.6 Å². The van der Waals surface area contributed by atoms with E-state index in [-0.39, 0.29) is 22.0 Å². The lowest BCUT2D eigenvalue weighted by Crippen LogP contribution is -2.73. The van der Waals surface area contributed by atoms with Crippen LogP contribution < -0.4 is 20.7 Å². The molecule has 4 aromatic carbocycles. The van der Waals surface area contributed by atoms with Gasteiger partial charge in [0.25, 0.3) is 16.6 Å². The van der Waals surface area contributed by atoms with E-state index in [1.54, 1.807) is 0 Å². The highest BCUT2D eigenvalue weighted by Gasteiger charge is 2.66. The summed E-state index contributed by atoms with van der Waals surface area (Å²) in [5, 5.41) is 4.19. The van der Waals surface area contributed by atoms with Gasteiger partial charge in [-0.2, -0.15) is 0 Å². The first kappa shape index (κ1) is 37.8. The van der Waals surface area contributed by atoms with Gasteiger partial charge in [-0.15, -0.1) is 6.42 Å². The Kier molecular flexibility index (Phi) is 10.3. The van der Waals surface area contributed by atoms with E-state index in [1.807, 2.05) is 25.7 Å². The first-order valence-corrected chi connectivity index (χ1v) is 22.4. The van der Waals surface area contributed by atoms with Gasteiger partial charge in [-0.25, -0.2) is 4.79 Å². The van der Waals surface area contributed by atoms with Crippen LogP contribution in [0.25, 0.3) is 0 Å². The molecule has 0 unspecified atom stereocenters. The minimum absolute atomic E-state index is 0.160. The number of likely N-dealkylation sites (tertiary alicyclic amines) is 1. The molecule has 2 bridgehead atoms. The van der Waals surface area contributed by atoms with Crippen LogP contribution in [-0.2, 0) is 13.6 Å². The van der Waals surface area contributed by atoms with Crippen molar-refractivity contribution in [2.24, 2.45) is 5.92 Å². The molecule has 4 aromatic rings. The van der Waals surface area contributed by atoms with E-state index >= 15 is 0 Å². The fourth-order valence-electron chi connectivity index (χ4n) is 8.86. The number of nitrogens with zero attached hydrogens (tertiary/aromatic N) is 1. The maximum Gasteiger partial charge on any atom is 0.411 e. The van der Waals surface area contributed by atoms with Crippen LogP contribution in [0.15, 0.2) is 121 Å². The Balaban J connectivity index is 1.60. The Morgan fingerprint density at radius 3 is 1.27 bits per heavy atom. The summed E-state index contributed by atoms with van der Waals surface area (Å²) in [7, 11) is -6.18. The van der Waals surface area contributed by atoms with Crippen molar-refractivity contribution in [2.45, 2.75) is 109 Å². The maximum atomic E-state index is 14.2. The van der Waals surface area contributed by atoms with Crippen molar-refractivity contribution in [2.75, 3.05) is 0 Å². The average Bonchev–Trinajstić information content (AvgIpc) is 3.65. The van der Waals surface area contributed by atoms with E-state index in [0.29, 0.717) is 6.42 Å². The van der Waals surface area contributed by atoms with Crippen molar-refractivity contribution in [1.82, 2.24) is 4.90 Å². The molecule has 2 aliphatic rings. The van der Waals surface area contributed by atoms with Gasteiger partial charge in [0.15, 0.2) is 0 Å². The zero-order valence-corrected chi connectivity index (χ0v) is 34.3. The molecule has 272 valence electrons. The first-order chi connectivity index (χ1) is 24.5. The van der Waals surface area contributed by atoms with Crippen LogP contribution >= 0.6 is 0 Å². The number of amides is 1. The Bertz CT molecular complexity index is 1780. The van der Waals surface area contributed by atoms with Crippen molar-refractivity contribution in [3.8, 4) is 12.3 Å². The minimum Gasteiger partial charge on any atom is -0.444 e. The largest absolute Gasteiger partial charge is 0.444 e. The molecule has 1 aliphatic carbocycles. The number of terminal acetylenes is 1. The van der Waals surface area contributed by atoms with Crippen LogP contribution in [0.2, 0.25) is 10.1 Å². The van der Waals surface area contributed by atoms with Gasteiger partial charge >= 0.3 is 6.09 Å². The molecule has 52 heavy (non-hydrogen) atoms. The molecule has 1 heterocycles. The normalized spacial score (nSPS) is 22.2.